The van der Waals surface area contributed by atoms with E-state index in [1.54, 1.807) is 0 Å². The zero-order chi connectivity index (χ0) is 8.69. The Morgan fingerprint density at radius 3 is 2.09 bits per heavy atom. The van der Waals surface area contributed by atoms with Crippen molar-refractivity contribution < 1.29 is 0 Å². The second-order valence-electron chi connectivity index (χ2n) is 3.06. The zero-order valence-electron chi connectivity index (χ0n) is 8.14. The second-order valence-corrected chi connectivity index (χ2v) is 3.06. The summed E-state index contributed by atoms with van der Waals surface area (Å²) < 4.78 is 0. The monoisotopic (exact) mass is 158 g/mol. The average Bonchev–Trinajstić information content (AvgIpc) is 2.03. The summed E-state index contributed by atoms with van der Waals surface area (Å²) in [5.41, 5.74) is 0. The highest BCUT2D eigenvalue weighted by Crippen LogP contribution is 2.04. The van der Waals surface area contributed by atoms with Crippen molar-refractivity contribution in [3.8, 4) is 0 Å². The minimum Gasteiger partial charge on any atom is -0.269 e. The molecule has 0 bridgehead atoms. The maximum absolute atomic E-state index is 5.86. The van der Waals surface area contributed by atoms with Crippen LogP contribution in [0.1, 0.15) is 46.5 Å². The van der Waals surface area contributed by atoms with Gasteiger partial charge in [-0.25, -0.2) is 5.01 Å². The Bertz CT molecular complexity index is 79.6. The fourth-order valence-electron chi connectivity index (χ4n) is 1.28. The van der Waals surface area contributed by atoms with Gasteiger partial charge in [0.2, 0.25) is 0 Å². The van der Waals surface area contributed by atoms with Crippen LogP contribution >= 0.6 is 0 Å². The minimum absolute atomic E-state index is 0.585. The van der Waals surface area contributed by atoms with Crippen LogP contribution in [0, 0.1) is 0 Å². The number of unbranched alkanes of at least 4 members (excludes halogenated alkanes) is 1. The number of nitrogens with two attached hydrogens (primary N) is 1. The Balaban J connectivity index is 3.51. The first kappa shape index (κ1) is 10.9. The van der Waals surface area contributed by atoms with E-state index >= 15 is 0 Å². The molecule has 2 nitrogen and oxygen atoms in total. The lowest BCUT2D eigenvalue weighted by molar-refractivity contribution is 0.187. The van der Waals surface area contributed by atoms with Crippen molar-refractivity contribution in [3.05, 3.63) is 0 Å². The van der Waals surface area contributed by atoms with Crippen LogP contribution < -0.4 is 5.84 Å². The molecule has 0 radical (unpaired) electrons. The van der Waals surface area contributed by atoms with Gasteiger partial charge in [-0.3, -0.25) is 5.84 Å². The summed E-state index contributed by atoms with van der Waals surface area (Å²) in [7, 11) is 0. The largest absolute Gasteiger partial charge is 0.269 e. The van der Waals surface area contributed by atoms with E-state index in [2.05, 4.69) is 20.8 Å². The first-order valence-electron chi connectivity index (χ1n) is 4.77. The van der Waals surface area contributed by atoms with Gasteiger partial charge in [0.05, 0.1) is 0 Å². The molecular formula is C9H22N2. The SMILES string of the molecule is CCCCN(N)C(CC)CC. The molecule has 0 fully saturated rings. The fourth-order valence-corrected chi connectivity index (χ4v) is 1.28. The van der Waals surface area contributed by atoms with E-state index < -0.39 is 0 Å². The summed E-state index contributed by atoms with van der Waals surface area (Å²) in [5, 5.41) is 1.99. The Labute approximate surface area is 70.7 Å². The average molecular weight is 158 g/mol. The van der Waals surface area contributed by atoms with Crippen LogP contribution in [0.2, 0.25) is 0 Å². The van der Waals surface area contributed by atoms with Gasteiger partial charge in [-0.05, 0) is 19.3 Å². The van der Waals surface area contributed by atoms with E-state index in [1.807, 2.05) is 5.01 Å². The normalized spacial score (nSPS) is 11.5. The molecule has 0 amide bonds. The van der Waals surface area contributed by atoms with Crippen molar-refractivity contribution >= 4 is 0 Å². The molecule has 0 aromatic heterocycles. The van der Waals surface area contributed by atoms with Gasteiger partial charge in [-0.15, -0.1) is 0 Å². The van der Waals surface area contributed by atoms with Crippen LogP contribution in [0.3, 0.4) is 0 Å². The Kier molecular flexibility index (Phi) is 6.57. The summed E-state index contributed by atoms with van der Waals surface area (Å²) in [6, 6.07) is 0.585. The quantitative estimate of drug-likeness (QED) is 0.474. The predicted octanol–water partition coefficient (Wildman–Crippen LogP) is 2.15. The van der Waals surface area contributed by atoms with Crippen LogP contribution in [0.4, 0.5) is 0 Å². The van der Waals surface area contributed by atoms with Gasteiger partial charge in [-0.1, -0.05) is 27.2 Å². The van der Waals surface area contributed by atoms with E-state index in [9.17, 15) is 0 Å². The molecule has 0 rings (SSSR count). The molecule has 68 valence electrons. The van der Waals surface area contributed by atoms with Crippen LogP contribution in [-0.2, 0) is 0 Å². The highest BCUT2D eigenvalue weighted by molar-refractivity contribution is 4.62. The molecule has 0 aliphatic rings. The smallest absolute Gasteiger partial charge is 0.0235 e. The highest BCUT2D eigenvalue weighted by Gasteiger charge is 2.08. The van der Waals surface area contributed by atoms with Gasteiger partial charge in [0.1, 0.15) is 0 Å². The molecule has 0 aromatic rings. The van der Waals surface area contributed by atoms with E-state index in [0.29, 0.717) is 6.04 Å². The molecule has 11 heavy (non-hydrogen) atoms. The van der Waals surface area contributed by atoms with Crippen LogP contribution in [0.5, 0.6) is 0 Å². The third-order valence-electron chi connectivity index (χ3n) is 2.18. The van der Waals surface area contributed by atoms with Crippen molar-refractivity contribution in [1.82, 2.24) is 5.01 Å². The number of nitrogens with zero attached hydrogens (tertiary/aromatic N) is 1. The molecule has 0 heterocycles. The summed E-state index contributed by atoms with van der Waals surface area (Å²) >= 11 is 0. The molecule has 0 saturated heterocycles. The first-order chi connectivity index (χ1) is 5.26. The van der Waals surface area contributed by atoms with Crippen molar-refractivity contribution in [2.75, 3.05) is 6.54 Å². The lowest BCUT2D eigenvalue weighted by atomic mass is 10.1. The van der Waals surface area contributed by atoms with Gasteiger partial charge >= 0.3 is 0 Å². The predicted molar refractivity (Wildman–Crippen MR) is 50.2 cm³/mol. The number of hydrazine groups is 1. The van der Waals surface area contributed by atoms with E-state index in [-0.39, 0.29) is 0 Å². The highest BCUT2D eigenvalue weighted by atomic mass is 15.4. The lowest BCUT2D eigenvalue weighted by Gasteiger charge is -2.24. The van der Waals surface area contributed by atoms with Crippen molar-refractivity contribution in [3.63, 3.8) is 0 Å². The number of hydrogen-bond donors (Lipinski definition) is 1. The van der Waals surface area contributed by atoms with Crippen LogP contribution in [0.25, 0.3) is 0 Å². The van der Waals surface area contributed by atoms with E-state index in [0.717, 1.165) is 19.4 Å². The second kappa shape index (κ2) is 6.62. The molecule has 2 heteroatoms. The summed E-state index contributed by atoms with van der Waals surface area (Å²) in [4.78, 5) is 0. The number of hydrogen-bond acceptors (Lipinski definition) is 2. The third kappa shape index (κ3) is 4.38. The van der Waals surface area contributed by atoms with Gasteiger partial charge in [0.15, 0.2) is 0 Å². The maximum Gasteiger partial charge on any atom is 0.0235 e. The summed E-state index contributed by atoms with van der Waals surface area (Å²) in [5.74, 6) is 5.86. The fraction of sp³-hybridized carbons (Fsp3) is 1.00. The zero-order valence-corrected chi connectivity index (χ0v) is 8.14. The van der Waals surface area contributed by atoms with Gasteiger partial charge in [0.25, 0.3) is 0 Å². The lowest BCUT2D eigenvalue weighted by Crippen LogP contribution is -2.40. The molecule has 2 N–H and O–H groups in total. The summed E-state index contributed by atoms with van der Waals surface area (Å²) in [6.45, 7) is 7.63. The van der Waals surface area contributed by atoms with E-state index in [4.69, 9.17) is 5.84 Å². The molecule has 0 unspecified atom stereocenters. The van der Waals surface area contributed by atoms with Crippen molar-refractivity contribution in [2.45, 2.75) is 52.5 Å². The van der Waals surface area contributed by atoms with Gasteiger partial charge in [0, 0.05) is 12.6 Å². The topological polar surface area (TPSA) is 29.3 Å². The Morgan fingerprint density at radius 2 is 1.73 bits per heavy atom. The summed E-state index contributed by atoms with van der Waals surface area (Å²) in [6.07, 6.45) is 4.77. The molecule has 0 aliphatic heterocycles. The molecular weight excluding hydrogens is 136 g/mol. The van der Waals surface area contributed by atoms with Gasteiger partial charge in [-0.2, -0.15) is 0 Å². The number of rotatable bonds is 6. The molecule has 0 aliphatic carbocycles. The minimum atomic E-state index is 0.585. The molecule has 0 atom stereocenters. The van der Waals surface area contributed by atoms with Crippen molar-refractivity contribution in [2.24, 2.45) is 5.84 Å². The maximum atomic E-state index is 5.86. The first-order valence-corrected chi connectivity index (χ1v) is 4.77. The van der Waals surface area contributed by atoms with Crippen LogP contribution in [-0.4, -0.2) is 17.6 Å². The van der Waals surface area contributed by atoms with Gasteiger partial charge < -0.3 is 0 Å². The molecule has 0 aromatic carbocycles. The Morgan fingerprint density at radius 1 is 1.18 bits per heavy atom. The standard InChI is InChI=1S/C9H22N2/c1-4-7-8-11(10)9(5-2)6-3/h9H,4-8,10H2,1-3H3. The van der Waals surface area contributed by atoms with Crippen LogP contribution in [0.15, 0.2) is 0 Å². The third-order valence-corrected chi connectivity index (χ3v) is 2.18. The Hall–Kier alpha value is -0.0800. The van der Waals surface area contributed by atoms with Crippen molar-refractivity contribution in [1.29, 1.82) is 0 Å². The molecule has 0 spiro atoms. The van der Waals surface area contributed by atoms with E-state index in [1.165, 1.54) is 12.8 Å². The molecule has 0 saturated carbocycles.